The molecule has 0 bridgehead atoms. The first-order valence-corrected chi connectivity index (χ1v) is 6.08. The molecule has 16 heavy (non-hydrogen) atoms. The predicted octanol–water partition coefficient (Wildman–Crippen LogP) is 0.509. The summed E-state index contributed by atoms with van der Waals surface area (Å²) >= 11 is 0. The highest BCUT2D eigenvalue weighted by Gasteiger charge is 2.30. The molecule has 2 unspecified atom stereocenters. The number of rotatable bonds is 5. The van der Waals surface area contributed by atoms with Crippen LogP contribution in [0.15, 0.2) is 0 Å². The van der Waals surface area contributed by atoms with Crippen LogP contribution >= 0.6 is 0 Å². The fourth-order valence-electron chi connectivity index (χ4n) is 2.01. The smallest absolute Gasteiger partial charge is 0.237 e. The van der Waals surface area contributed by atoms with Crippen molar-refractivity contribution in [3.05, 3.63) is 0 Å². The van der Waals surface area contributed by atoms with E-state index in [0.29, 0.717) is 18.9 Å². The second kappa shape index (κ2) is 5.64. The van der Waals surface area contributed by atoms with Gasteiger partial charge >= 0.3 is 0 Å². The molecule has 3 N–H and O–H groups in total. The molecule has 1 amide bonds. The van der Waals surface area contributed by atoms with Gasteiger partial charge in [0.05, 0.1) is 6.04 Å². The third-order valence-electron chi connectivity index (χ3n) is 3.35. The van der Waals surface area contributed by atoms with E-state index in [1.165, 1.54) is 0 Å². The largest absolute Gasteiger partial charge is 0.396 e. The average molecular weight is 228 g/mol. The van der Waals surface area contributed by atoms with Gasteiger partial charge in [-0.2, -0.15) is 0 Å². The van der Waals surface area contributed by atoms with E-state index in [9.17, 15) is 4.79 Å². The van der Waals surface area contributed by atoms with E-state index in [0.717, 1.165) is 13.0 Å². The lowest BCUT2D eigenvalue weighted by Gasteiger charge is -2.25. The number of aliphatic hydroxyl groups excluding tert-OH is 1. The van der Waals surface area contributed by atoms with Gasteiger partial charge < -0.3 is 15.7 Å². The van der Waals surface area contributed by atoms with E-state index in [1.807, 2.05) is 0 Å². The summed E-state index contributed by atoms with van der Waals surface area (Å²) in [6.07, 6.45) is 1.78. The minimum absolute atomic E-state index is 0.0355. The molecule has 0 aromatic carbocycles. The fourth-order valence-corrected chi connectivity index (χ4v) is 2.01. The second-order valence-electron chi connectivity index (χ2n) is 5.55. The van der Waals surface area contributed by atoms with E-state index in [1.54, 1.807) is 0 Å². The van der Waals surface area contributed by atoms with Crippen molar-refractivity contribution in [1.82, 2.24) is 10.6 Å². The average Bonchev–Trinajstić information content (AvgIpc) is 2.61. The number of amides is 1. The highest BCUT2D eigenvalue weighted by molar-refractivity contribution is 5.82. The first-order chi connectivity index (χ1) is 7.46. The molecular weight excluding hydrogens is 204 g/mol. The number of carbonyl (C=O) groups excluding carboxylic acids is 1. The normalized spacial score (nSPS) is 25.8. The van der Waals surface area contributed by atoms with Crippen LogP contribution in [0.4, 0.5) is 0 Å². The Balaban J connectivity index is 2.34. The molecule has 1 aliphatic rings. The summed E-state index contributed by atoms with van der Waals surface area (Å²) in [6, 6.07) is -0.0371. The first-order valence-electron chi connectivity index (χ1n) is 6.08. The van der Waals surface area contributed by atoms with Crippen LogP contribution < -0.4 is 10.6 Å². The Morgan fingerprint density at radius 1 is 1.56 bits per heavy atom. The molecule has 4 heteroatoms. The monoisotopic (exact) mass is 228 g/mol. The van der Waals surface area contributed by atoms with Crippen LogP contribution in [-0.4, -0.2) is 36.8 Å². The van der Waals surface area contributed by atoms with Gasteiger partial charge in [-0.1, -0.05) is 20.8 Å². The van der Waals surface area contributed by atoms with Crippen molar-refractivity contribution in [1.29, 1.82) is 0 Å². The van der Waals surface area contributed by atoms with Gasteiger partial charge in [-0.05, 0) is 30.7 Å². The molecule has 94 valence electrons. The number of hydrogen-bond acceptors (Lipinski definition) is 3. The van der Waals surface area contributed by atoms with E-state index in [2.05, 4.69) is 31.4 Å². The number of hydrogen-bond donors (Lipinski definition) is 3. The molecule has 1 heterocycles. The van der Waals surface area contributed by atoms with Gasteiger partial charge in [0.1, 0.15) is 0 Å². The van der Waals surface area contributed by atoms with Gasteiger partial charge in [0.25, 0.3) is 0 Å². The SMILES string of the molecule is CC1CCNC1C(=O)NCC(C)(C)CCO. The van der Waals surface area contributed by atoms with Crippen LogP contribution in [0.25, 0.3) is 0 Å². The third kappa shape index (κ3) is 3.76. The van der Waals surface area contributed by atoms with Gasteiger partial charge in [0, 0.05) is 13.2 Å². The summed E-state index contributed by atoms with van der Waals surface area (Å²) < 4.78 is 0. The zero-order chi connectivity index (χ0) is 12.2. The van der Waals surface area contributed by atoms with Crippen molar-refractivity contribution in [2.24, 2.45) is 11.3 Å². The summed E-state index contributed by atoms with van der Waals surface area (Å²) in [5.41, 5.74) is -0.0355. The molecule has 4 nitrogen and oxygen atoms in total. The summed E-state index contributed by atoms with van der Waals surface area (Å²) in [7, 11) is 0. The van der Waals surface area contributed by atoms with Gasteiger partial charge in [-0.3, -0.25) is 4.79 Å². The highest BCUT2D eigenvalue weighted by atomic mass is 16.3. The van der Waals surface area contributed by atoms with E-state index in [-0.39, 0.29) is 24.0 Å². The van der Waals surface area contributed by atoms with Crippen molar-refractivity contribution in [3.63, 3.8) is 0 Å². The van der Waals surface area contributed by atoms with Crippen molar-refractivity contribution < 1.29 is 9.90 Å². The summed E-state index contributed by atoms with van der Waals surface area (Å²) in [5.74, 6) is 0.511. The lowest BCUT2D eigenvalue weighted by Crippen LogP contribution is -2.46. The highest BCUT2D eigenvalue weighted by Crippen LogP contribution is 2.19. The number of nitrogens with one attached hydrogen (secondary N) is 2. The lowest BCUT2D eigenvalue weighted by atomic mass is 9.89. The van der Waals surface area contributed by atoms with Crippen LogP contribution in [0.2, 0.25) is 0 Å². The Labute approximate surface area is 97.8 Å². The maximum absolute atomic E-state index is 11.9. The van der Waals surface area contributed by atoms with Crippen LogP contribution in [-0.2, 0) is 4.79 Å². The van der Waals surface area contributed by atoms with Gasteiger partial charge in [-0.15, -0.1) is 0 Å². The Morgan fingerprint density at radius 2 is 2.25 bits per heavy atom. The molecule has 1 fully saturated rings. The minimum Gasteiger partial charge on any atom is -0.396 e. The zero-order valence-corrected chi connectivity index (χ0v) is 10.5. The van der Waals surface area contributed by atoms with Gasteiger partial charge in [-0.25, -0.2) is 0 Å². The van der Waals surface area contributed by atoms with Gasteiger partial charge in [0.2, 0.25) is 5.91 Å². The van der Waals surface area contributed by atoms with Crippen LogP contribution in [0.1, 0.15) is 33.6 Å². The molecule has 0 radical (unpaired) electrons. The molecule has 0 aromatic heterocycles. The molecule has 0 spiro atoms. The predicted molar refractivity (Wildman–Crippen MR) is 64.1 cm³/mol. The fraction of sp³-hybridized carbons (Fsp3) is 0.917. The summed E-state index contributed by atoms with van der Waals surface area (Å²) in [4.78, 5) is 11.9. The summed E-state index contributed by atoms with van der Waals surface area (Å²) in [5, 5.41) is 15.1. The molecule has 1 rings (SSSR count). The molecule has 1 aliphatic heterocycles. The molecule has 0 aliphatic carbocycles. The Hall–Kier alpha value is -0.610. The van der Waals surface area contributed by atoms with E-state index >= 15 is 0 Å². The number of aliphatic hydroxyl groups is 1. The second-order valence-corrected chi connectivity index (χ2v) is 5.55. The van der Waals surface area contributed by atoms with Gasteiger partial charge in [0.15, 0.2) is 0 Å². The molecule has 0 saturated carbocycles. The quantitative estimate of drug-likeness (QED) is 0.642. The third-order valence-corrected chi connectivity index (χ3v) is 3.35. The molecule has 2 atom stereocenters. The Morgan fingerprint density at radius 3 is 2.75 bits per heavy atom. The Kier molecular flexibility index (Phi) is 4.74. The summed E-state index contributed by atoms with van der Waals surface area (Å²) in [6.45, 7) is 7.92. The van der Waals surface area contributed by atoms with E-state index < -0.39 is 0 Å². The van der Waals surface area contributed by atoms with Crippen molar-refractivity contribution in [2.45, 2.75) is 39.7 Å². The molecule has 0 aromatic rings. The standard InChI is InChI=1S/C12H24N2O2/c1-9-4-6-13-10(9)11(16)14-8-12(2,3)5-7-15/h9-10,13,15H,4-8H2,1-3H3,(H,14,16). The van der Waals surface area contributed by atoms with E-state index in [4.69, 9.17) is 5.11 Å². The maximum Gasteiger partial charge on any atom is 0.237 e. The van der Waals surface area contributed by atoms with Crippen molar-refractivity contribution in [3.8, 4) is 0 Å². The number of carbonyl (C=O) groups is 1. The van der Waals surface area contributed by atoms with Crippen molar-refractivity contribution >= 4 is 5.91 Å². The molecule has 1 saturated heterocycles. The van der Waals surface area contributed by atoms with Crippen LogP contribution in [0.3, 0.4) is 0 Å². The first kappa shape index (κ1) is 13.5. The topological polar surface area (TPSA) is 61.4 Å². The van der Waals surface area contributed by atoms with Crippen molar-refractivity contribution in [2.75, 3.05) is 19.7 Å². The maximum atomic E-state index is 11.9. The zero-order valence-electron chi connectivity index (χ0n) is 10.5. The lowest BCUT2D eigenvalue weighted by molar-refractivity contribution is -0.124. The molecular formula is C12H24N2O2. The Bertz CT molecular complexity index is 241. The minimum atomic E-state index is -0.0371. The van der Waals surface area contributed by atoms with Crippen LogP contribution in [0.5, 0.6) is 0 Å². The van der Waals surface area contributed by atoms with Crippen LogP contribution in [0, 0.1) is 11.3 Å².